The predicted molar refractivity (Wildman–Crippen MR) is 127 cm³/mol. The van der Waals surface area contributed by atoms with E-state index in [-0.39, 0.29) is 0 Å². The van der Waals surface area contributed by atoms with Crippen LogP contribution in [0.2, 0.25) is 0 Å². The van der Waals surface area contributed by atoms with Crippen molar-refractivity contribution in [3.05, 3.63) is 84.4 Å². The first-order chi connectivity index (χ1) is 14.1. The Hall–Kier alpha value is -3.06. The van der Waals surface area contributed by atoms with Crippen LogP contribution in [0.3, 0.4) is 0 Å². The summed E-state index contributed by atoms with van der Waals surface area (Å²) >= 11 is 0. The van der Waals surface area contributed by atoms with Crippen LogP contribution in [0.4, 0.5) is 0 Å². The summed E-state index contributed by atoms with van der Waals surface area (Å²) in [5.74, 6) is 0.514. The molecule has 0 aliphatic rings. The van der Waals surface area contributed by atoms with Crippen LogP contribution in [0.5, 0.6) is 0 Å². The van der Waals surface area contributed by atoms with E-state index in [1.807, 2.05) is 0 Å². The average Bonchev–Trinajstić information content (AvgIpc) is 3.06. The summed E-state index contributed by atoms with van der Waals surface area (Å²) in [6.07, 6.45) is 0. The Bertz CT molecular complexity index is 1350. The summed E-state index contributed by atoms with van der Waals surface area (Å²) in [6, 6.07) is 29.6. The van der Waals surface area contributed by atoms with Gasteiger partial charge in [0.1, 0.15) is 0 Å². The molecule has 0 radical (unpaired) electrons. The smallest absolute Gasteiger partial charge is 0.0494 e. The zero-order valence-corrected chi connectivity index (χ0v) is 17.6. The zero-order chi connectivity index (χ0) is 20.1. The van der Waals surface area contributed by atoms with Crippen molar-refractivity contribution in [3.8, 4) is 11.1 Å². The summed E-state index contributed by atoms with van der Waals surface area (Å²) < 4.78 is 2.45. The molecule has 0 aliphatic carbocycles. The lowest BCUT2D eigenvalue weighted by atomic mass is 9.90. The maximum atomic E-state index is 2.45. The van der Waals surface area contributed by atoms with E-state index in [2.05, 4.69) is 111 Å². The van der Waals surface area contributed by atoms with Crippen molar-refractivity contribution in [1.82, 2.24) is 4.57 Å². The normalized spacial score (nSPS) is 12.1. The number of para-hydroxylation sites is 1. The lowest BCUT2D eigenvalue weighted by Gasteiger charge is -2.15. The third kappa shape index (κ3) is 2.76. The lowest BCUT2D eigenvalue weighted by molar-refractivity contribution is 0.642. The minimum absolute atomic E-state index is 0.425. The van der Waals surface area contributed by atoms with Crippen LogP contribution in [-0.2, 0) is 0 Å². The van der Waals surface area contributed by atoms with Crippen LogP contribution < -0.4 is 0 Å². The molecule has 0 N–H and O–H groups in total. The summed E-state index contributed by atoms with van der Waals surface area (Å²) in [6.45, 7) is 9.07. The first kappa shape index (κ1) is 18.0. The van der Waals surface area contributed by atoms with Gasteiger partial charge in [-0.3, -0.25) is 0 Å². The fraction of sp³-hybridized carbons (Fsp3) is 0.214. The third-order valence-corrected chi connectivity index (χ3v) is 6.12. The van der Waals surface area contributed by atoms with Crippen molar-refractivity contribution in [2.45, 2.75) is 39.7 Å². The Labute approximate surface area is 172 Å². The van der Waals surface area contributed by atoms with Crippen molar-refractivity contribution in [1.29, 1.82) is 0 Å². The molecule has 4 aromatic carbocycles. The number of aromatic nitrogens is 1. The maximum Gasteiger partial charge on any atom is 0.0494 e. The first-order valence-corrected chi connectivity index (χ1v) is 10.6. The summed E-state index contributed by atoms with van der Waals surface area (Å²) in [5, 5.41) is 5.38. The molecular formula is C28H27N. The topological polar surface area (TPSA) is 4.93 Å². The summed E-state index contributed by atoms with van der Waals surface area (Å²) in [7, 11) is 0. The molecule has 1 heteroatoms. The Kier molecular flexibility index (Phi) is 4.20. The van der Waals surface area contributed by atoms with E-state index in [1.165, 1.54) is 49.3 Å². The van der Waals surface area contributed by atoms with Gasteiger partial charge < -0.3 is 4.57 Å². The highest BCUT2D eigenvalue weighted by Crippen LogP contribution is 2.38. The molecule has 0 saturated heterocycles. The fourth-order valence-corrected chi connectivity index (χ4v) is 4.80. The molecule has 0 aliphatic heterocycles. The van der Waals surface area contributed by atoms with Gasteiger partial charge >= 0.3 is 0 Å². The molecule has 5 rings (SSSR count). The second-order valence-electron chi connectivity index (χ2n) is 8.62. The highest BCUT2D eigenvalue weighted by atomic mass is 15.0. The van der Waals surface area contributed by atoms with Crippen LogP contribution in [0, 0.1) is 0 Å². The van der Waals surface area contributed by atoms with Crippen LogP contribution >= 0.6 is 0 Å². The molecule has 1 nitrogen and oxygen atoms in total. The number of hydrogen-bond acceptors (Lipinski definition) is 0. The summed E-state index contributed by atoms with van der Waals surface area (Å²) in [5.41, 5.74) is 6.65. The van der Waals surface area contributed by atoms with Crippen LogP contribution in [0.15, 0.2) is 78.9 Å². The lowest BCUT2D eigenvalue weighted by Crippen LogP contribution is -1.99. The third-order valence-electron chi connectivity index (χ3n) is 6.12. The van der Waals surface area contributed by atoms with Gasteiger partial charge in [0.05, 0.1) is 0 Å². The van der Waals surface area contributed by atoms with Crippen molar-refractivity contribution in [2.24, 2.45) is 0 Å². The molecule has 144 valence electrons. The van der Waals surface area contributed by atoms with Gasteiger partial charge in [-0.25, -0.2) is 0 Å². The van der Waals surface area contributed by atoms with E-state index in [4.69, 9.17) is 0 Å². The molecule has 1 heterocycles. The highest BCUT2D eigenvalue weighted by molar-refractivity contribution is 6.10. The monoisotopic (exact) mass is 377 g/mol. The number of benzene rings is 4. The van der Waals surface area contributed by atoms with Crippen LogP contribution in [-0.4, -0.2) is 4.57 Å². The van der Waals surface area contributed by atoms with Gasteiger partial charge in [0, 0.05) is 27.8 Å². The second-order valence-corrected chi connectivity index (χ2v) is 8.62. The van der Waals surface area contributed by atoms with Crippen molar-refractivity contribution >= 4 is 32.6 Å². The van der Waals surface area contributed by atoms with E-state index in [9.17, 15) is 0 Å². The zero-order valence-electron chi connectivity index (χ0n) is 17.6. The van der Waals surface area contributed by atoms with Gasteiger partial charge in [-0.15, -0.1) is 0 Å². The number of fused-ring (bicyclic) bond motifs is 4. The minimum Gasteiger partial charge on any atom is -0.338 e. The quantitative estimate of drug-likeness (QED) is 0.298. The number of nitrogens with zero attached hydrogens (tertiary/aromatic N) is 1. The molecular weight excluding hydrogens is 350 g/mol. The maximum absolute atomic E-state index is 2.45. The molecule has 5 aromatic rings. The molecule has 0 atom stereocenters. The molecule has 0 fully saturated rings. The summed E-state index contributed by atoms with van der Waals surface area (Å²) in [4.78, 5) is 0. The molecule has 0 spiro atoms. The second kappa shape index (κ2) is 6.77. The van der Waals surface area contributed by atoms with Gasteiger partial charge in [0.25, 0.3) is 0 Å². The average molecular weight is 378 g/mol. The van der Waals surface area contributed by atoms with Gasteiger partial charge in [0.15, 0.2) is 0 Å². The van der Waals surface area contributed by atoms with Crippen molar-refractivity contribution in [3.63, 3.8) is 0 Å². The fourth-order valence-electron chi connectivity index (χ4n) is 4.80. The largest absolute Gasteiger partial charge is 0.338 e. The van der Waals surface area contributed by atoms with Crippen molar-refractivity contribution < 1.29 is 0 Å². The Morgan fingerprint density at radius 1 is 0.586 bits per heavy atom. The van der Waals surface area contributed by atoms with Gasteiger partial charge in [0.2, 0.25) is 0 Å². The SMILES string of the molecule is CC(C)c1ccc(-c2ccc3c(c2)c2ccccc2n3C(C)C)c2ccccc12. The van der Waals surface area contributed by atoms with Gasteiger partial charge in [-0.2, -0.15) is 0 Å². The van der Waals surface area contributed by atoms with E-state index in [0.717, 1.165) is 0 Å². The minimum atomic E-state index is 0.425. The number of hydrogen-bond donors (Lipinski definition) is 0. The molecule has 0 amide bonds. The molecule has 0 unspecified atom stereocenters. The van der Waals surface area contributed by atoms with E-state index in [0.29, 0.717) is 12.0 Å². The van der Waals surface area contributed by atoms with Crippen molar-refractivity contribution in [2.75, 3.05) is 0 Å². The molecule has 1 aromatic heterocycles. The Morgan fingerprint density at radius 3 is 1.97 bits per heavy atom. The Morgan fingerprint density at radius 2 is 1.24 bits per heavy atom. The number of rotatable bonds is 3. The highest BCUT2D eigenvalue weighted by Gasteiger charge is 2.15. The molecule has 0 saturated carbocycles. The predicted octanol–water partition coefficient (Wildman–Crippen LogP) is 8.32. The Balaban J connectivity index is 1.81. The van der Waals surface area contributed by atoms with E-state index in [1.54, 1.807) is 0 Å². The van der Waals surface area contributed by atoms with Gasteiger partial charge in [-0.05, 0) is 65.4 Å². The van der Waals surface area contributed by atoms with Gasteiger partial charge in [-0.1, -0.05) is 74.5 Å². The van der Waals surface area contributed by atoms with E-state index >= 15 is 0 Å². The van der Waals surface area contributed by atoms with Crippen LogP contribution in [0.25, 0.3) is 43.7 Å². The standard InChI is InChI=1S/C28H27N/c1-18(2)21-14-15-22(24-10-6-5-9-23(21)24)20-13-16-28-26(17-20)25-11-7-8-12-27(25)29(28)19(3)4/h5-19H,1-4H3. The molecule has 0 bridgehead atoms. The van der Waals surface area contributed by atoms with E-state index < -0.39 is 0 Å². The van der Waals surface area contributed by atoms with Crippen LogP contribution in [0.1, 0.15) is 45.2 Å². The first-order valence-electron chi connectivity index (χ1n) is 10.6. The molecule has 29 heavy (non-hydrogen) atoms.